The summed E-state index contributed by atoms with van der Waals surface area (Å²) in [5.41, 5.74) is 6.20. The number of hydrogen-bond donors (Lipinski definition) is 1. The molecule has 1 aliphatic carbocycles. The summed E-state index contributed by atoms with van der Waals surface area (Å²) in [7, 11) is 0. The largest absolute Gasteiger partial charge is 0.323 e. The van der Waals surface area contributed by atoms with Crippen LogP contribution in [-0.4, -0.2) is 0 Å². The van der Waals surface area contributed by atoms with E-state index >= 15 is 0 Å². The molecule has 1 aliphatic rings. The molecular weight excluding hydrogens is 202 g/mol. The van der Waals surface area contributed by atoms with Crippen LogP contribution in [0, 0.1) is 12.8 Å². The van der Waals surface area contributed by atoms with E-state index in [1.807, 2.05) is 11.3 Å². The fourth-order valence-corrected chi connectivity index (χ4v) is 3.42. The zero-order valence-electron chi connectivity index (χ0n) is 9.54. The topological polar surface area (TPSA) is 26.0 Å². The second-order valence-electron chi connectivity index (χ2n) is 4.78. The van der Waals surface area contributed by atoms with Crippen LogP contribution in [0.4, 0.5) is 0 Å². The van der Waals surface area contributed by atoms with Gasteiger partial charge in [-0.05, 0) is 37.8 Å². The molecule has 1 atom stereocenters. The lowest BCUT2D eigenvalue weighted by Crippen LogP contribution is -2.10. The molecule has 1 nitrogen and oxygen atoms in total. The molecule has 0 radical (unpaired) electrons. The van der Waals surface area contributed by atoms with Gasteiger partial charge in [-0.25, -0.2) is 0 Å². The van der Waals surface area contributed by atoms with Crippen LogP contribution in [0.3, 0.4) is 0 Å². The second-order valence-corrected chi connectivity index (χ2v) is 6.10. The standard InChI is InChI=1S/C13H21NS/c1-10-6-9-13(15-10)12(14)8-7-11-4-2-3-5-11/h6,9,11-12H,2-5,7-8,14H2,1H3. The summed E-state index contributed by atoms with van der Waals surface area (Å²) in [5, 5.41) is 0. The smallest absolute Gasteiger partial charge is 0.0389 e. The Hall–Kier alpha value is -0.340. The van der Waals surface area contributed by atoms with Gasteiger partial charge in [-0.15, -0.1) is 11.3 Å². The van der Waals surface area contributed by atoms with Crippen LogP contribution >= 0.6 is 11.3 Å². The van der Waals surface area contributed by atoms with Crippen molar-refractivity contribution in [3.63, 3.8) is 0 Å². The van der Waals surface area contributed by atoms with Crippen molar-refractivity contribution in [2.75, 3.05) is 0 Å². The van der Waals surface area contributed by atoms with Gasteiger partial charge in [-0.2, -0.15) is 0 Å². The van der Waals surface area contributed by atoms with Gasteiger partial charge in [-0.1, -0.05) is 25.7 Å². The van der Waals surface area contributed by atoms with Crippen molar-refractivity contribution in [2.45, 2.75) is 51.5 Å². The van der Waals surface area contributed by atoms with E-state index in [0.717, 1.165) is 5.92 Å². The van der Waals surface area contributed by atoms with Gasteiger partial charge in [0, 0.05) is 15.8 Å². The molecule has 1 aromatic heterocycles. The quantitative estimate of drug-likeness (QED) is 0.819. The van der Waals surface area contributed by atoms with Crippen LogP contribution in [0.2, 0.25) is 0 Å². The van der Waals surface area contributed by atoms with Crippen molar-refractivity contribution in [1.29, 1.82) is 0 Å². The van der Waals surface area contributed by atoms with E-state index in [-0.39, 0.29) is 6.04 Å². The van der Waals surface area contributed by atoms with E-state index < -0.39 is 0 Å². The SMILES string of the molecule is Cc1ccc(C(N)CCC2CCCC2)s1. The molecular formula is C13H21NS. The molecule has 0 aromatic carbocycles. The summed E-state index contributed by atoms with van der Waals surface area (Å²) in [6.45, 7) is 2.15. The molecule has 0 bridgehead atoms. The van der Waals surface area contributed by atoms with Gasteiger partial charge in [0.2, 0.25) is 0 Å². The summed E-state index contributed by atoms with van der Waals surface area (Å²) in [5.74, 6) is 0.970. The second kappa shape index (κ2) is 5.13. The molecule has 0 saturated heterocycles. The van der Waals surface area contributed by atoms with E-state index in [1.54, 1.807) is 0 Å². The number of thiophene rings is 1. The third-order valence-corrected chi connectivity index (χ3v) is 4.62. The van der Waals surface area contributed by atoms with E-state index in [1.165, 1.54) is 48.3 Å². The molecule has 1 heterocycles. The molecule has 1 unspecified atom stereocenters. The zero-order valence-corrected chi connectivity index (χ0v) is 10.4. The minimum Gasteiger partial charge on any atom is -0.323 e. The minimum absolute atomic E-state index is 0.282. The summed E-state index contributed by atoms with van der Waals surface area (Å²) in [6, 6.07) is 4.65. The fourth-order valence-electron chi connectivity index (χ4n) is 2.51. The van der Waals surface area contributed by atoms with Crippen LogP contribution < -0.4 is 5.73 Å². The van der Waals surface area contributed by atoms with Crippen LogP contribution in [0.1, 0.15) is 54.3 Å². The highest BCUT2D eigenvalue weighted by Gasteiger charge is 2.17. The highest BCUT2D eigenvalue weighted by atomic mass is 32.1. The average molecular weight is 223 g/mol. The van der Waals surface area contributed by atoms with Crippen molar-refractivity contribution in [3.8, 4) is 0 Å². The first-order chi connectivity index (χ1) is 7.25. The maximum Gasteiger partial charge on any atom is 0.0389 e. The number of nitrogens with two attached hydrogens (primary N) is 1. The highest BCUT2D eigenvalue weighted by Crippen LogP contribution is 2.32. The maximum atomic E-state index is 6.20. The first-order valence-corrected chi connectivity index (χ1v) is 6.89. The Labute approximate surface area is 96.7 Å². The molecule has 84 valence electrons. The van der Waals surface area contributed by atoms with E-state index in [9.17, 15) is 0 Å². The van der Waals surface area contributed by atoms with Crippen LogP contribution in [0.25, 0.3) is 0 Å². The van der Waals surface area contributed by atoms with Gasteiger partial charge in [-0.3, -0.25) is 0 Å². The summed E-state index contributed by atoms with van der Waals surface area (Å²) in [6.07, 6.45) is 8.27. The lowest BCUT2D eigenvalue weighted by Gasteiger charge is -2.13. The Bertz CT molecular complexity index is 299. The molecule has 2 rings (SSSR count). The molecule has 0 amide bonds. The van der Waals surface area contributed by atoms with Crippen LogP contribution in [0.5, 0.6) is 0 Å². The van der Waals surface area contributed by atoms with Gasteiger partial charge in [0.1, 0.15) is 0 Å². The maximum absolute atomic E-state index is 6.20. The lowest BCUT2D eigenvalue weighted by molar-refractivity contribution is 0.456. The molecule has 1 fully saturated rings. The number of hydrogen-bond acceptors (Lipinski definition) is 2. The monoisotopic (exact) mass is 223 g/mol. The van der Waals surface area contributed by atoms with E-state index in [4.69, 9.17) is 5.73 Å². The van der Waals surface area contributed by atoms with Gasteiger partial charge in [0.25, 0.3) is 0 Å². The molecule has 1 aromatic rings. The van der Waals surface area contributed by atoms with Crippen molar-refractivity contribution >= 4 is 11.3 Å². The van der Waals surface area contributed by atoms with Gasteiger partial charge < -0.3 is 5.73 Å². The Morgan fingerprint density at radius 2 is 2.13 bits per heavy atom. The molecule has 2 heteroatoms. The molecule has 0 aliphatic heterocycles. The normalized spacial score (nSPS) is 19.6. The van der Waals surface area contributed by atoms with E-state index in [2.05, 4.69) is 19.1 Å². The summed E-state index contributed by atoms with van der Waals surface area (Å²) in [4.78, 5) is 2.74. The summed E-state index contributed by atoms with van der Waals surface area (Å²) >= 11 is 1.85. The first kappa shape index (κ1) is 11.2. The third-order valence-electron chi connectivity index (χ3n) is 3.49. The molecule has 0 spiro atoms. The Kier molecular flexibility index (Phi) is 3.81. The van der Waals surface area contributed by atoms with Crippen LogP contribution in [-0.2, 0) is 0 Å². The van der Waals surface area contributed by atoms with E-state index in [0.29, 0.717) is 0 Å². The highest BCUT2D eigenvalue weighted by molar-refractivity contribution is 7.12. The number of aryl methyl sites for hydroxylation is 1. The molecule has 1 saturated carbocycles. The van der Waals surface area contributed by atoms with Gasteiger partial charge in [0.15, 0.2) is 0 Å². The predicted octanol–water partition coefficient (Wildman–Crippen LogP) is 4.03. The minimum atomic E-state index is 0.282. The molecule has 15 heavy (non-hydrogen) atoms. The van der Waals surface area contributed by atoms with Gasteiger partial charge in [0.05, 0.1) is 0 Å². The molecule has 2 N–H and O–H groups in total. The Morgan fingerprint density at radius 1 is 1.40 bits per heavy atom. The van der Waals surface area contributed by atoms with Gasteiger partial charge >= 0.3 is 0 Å². The first-order valence-electron chi connectivity index (χ1n) is 6.07. The van der Waals surface area contributed by atoms with Crippen molar-refractivity contribution in [2.24, 2.45) is 11.7 Å². The Balaban J connectivity index is 1.79. The Morgan fingerprint density at radius 3 is 2.73 bits per heavy atom. The lowest BCUT2D eigenvalue weighted by atomic mass is 9.98. The number of rotatable bonds is 4. The zero-order chi connectivity index (χ0) is 10.7. The van der Waals surface area contributed by atoms with Crippen molar-refractivity contribution < 1.29 is 0 Å². The van der Waals surface area contributed by atoms with Crippen molar-refractivity contribution in [1.82, 2.24) is 0 Å². The summed E-state index contributed by atoms with van der Waals surface area (Å²) < 4.78 is 0. The van der Waals surface area contributed by atoms with Crippen molar-refractivity contribution in [3.05, 3.63) is 21.9 Å². The third kappa shape index (κ3) is 3.05. The van der Waals surface area contributed by atoms with Crippen LogP contribution in [0.15, 0.2) is 12.1 Å². The predicted molar refractivity (Wildman–Crippen MR) is 67.2 cm³/mol. The average Bonchev–Trinajstić information content (AvgIpc) is 2.84. The fraction of sp³-hybridized carbons (Fsp3) is 0.692.